The summed E-state index contributed by atoms with van der Waals surface area (Å²) in [6, 6.07) is 6.75. The second-order valence-corrected chi connectivity index (χ2v) is 2.88. The molecule has 0 aliphatic heterocycles. The highest BCUT2D eigenvalue weighted by Crippen LogP contribution is 2.14. The van der Waals surface area contributed by atoms with Crippen molar-refractivity contribution >= 4 is 5.69 Å². The van der Waals surface area contributed by atoms with Gasteiger partial charge in [-0.25, -0.2) is 0 Å². The van der Waals surface area contributed by atoms with Gasteiger partial charge in [0.1, 0.15) is 0 Å². The van der Waals surface area contributed by atoms with Gasteiger partial charge in [0.25, 0.3) is 5.69 Å². The Labute approximate surface area is 77.5 Å². The molecular weight excluding hydrogens is 166 g/mol. The van der Waals surface area contributed by atoms with Crippen LogP contribution < -0.4 is 0 Å². The minimum Gasteiger partial charge on any atom is -0.258 e. The van der Waals surface area contributed by atoms with Gasteiger partial charge in [0.05, 0.1) is 4.92 Å². The lowest BCUT2D eigenvalue weighted by molar-refractivity contribution is -0.384. The number of rotatable bonds is 4. The van der Waals surface area contributed by atoms with Crippen LogP contribution in [-0.4, -0.2) is 4.92 Å². The Morgan fingerprint density at radius 1 is 1.46 bits per heavy atom. The minimum atomic E-state index is -0.367. The van der Waals surface area contributed by atoms with E-state index in [0.717, 1.165) is 24.8 Å². The first-order valence-electron chi connectivity index (χ1n) is 4.26. The van der Waals surface area contributed by atoms with Gasteiger partial charge in [-0.1, -0.05) is 25.5 Å². The number of hydrogen-bond donors (Lipinski definition) is 0. The molecule has 1 radical (unpaired) electrons. The summed E-state index contributed by atoms with van der Waals surface area (Å²) in [6.07, 6.45) is 2.70. The van der Waals surface area contributed by atoms with E-state index in [9.17, 15) is 10.1 Å². The fraction of sp³-hybridized carbons (Fsp3) is 0.300. The van der Waals surface area contributed by atoms with Crippen molar-refractivity contribution in [2.45, 2.75) is 19.3 Å². The SMILES string of the molecule is [CH2]CCCc1cccc([N+](=O)[O-])c1. The van der Waals surface area contributed by atoms with Gasteiger partial charge in [-0.05, 0) is 18.4 Å². The molecule has 1 rings (SSSR count). The summed E-state index contributed by atoms with van der Waals surface area (Å²) in [5, 5.41) is 10.4. The van der Waals surface area contributed by atoms with Crippen LogP contribution in [0.4, 0.5) is 5.69 Å². The lowest BCUT2D eigenvalue weighted by Gasteiger charge is -1.98. The van der Waals surface area contributed by atoms with E-state index in [0.29, 0.717) is 0 Å². The quantitative estimate of drug-likeness (QED) is 0.525. The van der Waals surface area contributed by atoms with Crippen LogP contribution in [0.15, 0.2) is 24.3 Å². The molecule has 0 amide bonds. The monoisotopic (exact) mass is 178 g/mol. The first-order chi connectivity index (χ1) is 6.24. The van der Waals surface area contributed by atoms with Crippen molar-refractivity contribution in [3.05, 3.63) is 46.9 Å². The molecule has 0 unspecified atom stereocenters. The van der Waals surface area contributed by atoms with Crippen LogP contribution in [0.5, 0.6) is 0 Å². The molecule has 13 heavy (non-hydrogen) atoms. The highest BCUT2D eigenvalue weighted by Gasteiger charge is 2.04. The number of nitrogens with zero attached hydrogens (tertiary/aromatic N) is 1. The Kier molecular flexibility index (Phi) is 3.43. The molecule has 0 saturated carbocycles. The van der Waals surface area contributed by atoms with Crippen molar-refractivity contribution in [1.29, 1.82) is 0 Å². The van der Waals surface area contributed by atoms with Crippen molar-refractivity contribution in [2.75, 3.05) is 0 Å². The van der Waals surface area contributed by atoms with E-state index in [2.05, 4.69) is 6.92 Å². The van der Waals surface area contributed by atoms with E-state index < -0.39 is 0 Å². The third kappa shape index (κ3) is 2.86. The molecule has 3 heteroatoms. The van der Waals surface area contributed by atoms with E-state index in [1.54, 1.807) is 12.1 Å². The Bertz CT molecular complexity index is 297. The maximum atomic E-state index is 10.4. The van der Waals surface area contributed by atoms with Crippen LogP contribution >= 0.6 is 0 Å². The molecule has 0 spiro atoms. The molecule has 0 aromatic heterocycles. The number of nitro benzene ring substituents is 1. The maximum absolute atomic E-state index is 10.4. The van der Waals surface area contributed by atoms with E-state index in [4.69, 9.17) is 0 Å². The van der Waals surface area contributed by atoms with Crippen molar-refractivity contribution < 1.29 is 4.92 Å². The fourth-order valence-corrected chi connectivity index (χ4v) is 1.15. The highest BCUT2D eigenvalue weighted by atomic mass is 16.6. The predicted octanol–water partition coefficient (Wildman–Crippen LogP) is 2.75. The Morgan fingerprint density at radius 3 is 2.85 bits per heavy atom. The van der Waals surface area contributed by atoms with E-state index in [-0.39, 0.29) is 10.6 Å². The summed E-state index contributed by atoms with van der Waals surface area (Å²) in [6.45, 7) is 3.72. The van der Waals surface area contributed by atoms with Crippen LogP contribution in [0, 0.1) is 17.0 Å². The van der Waals surface area contributed by atoms with Crippen LogP contribution in [0.2, 0.25) is 0 Å². The molecule has 0 heterocycles. The number of aryl methyl sites for hydroxylation is 1. The van der Waals surface area contributed by atoms with E-state index in [1.165, 1.54) is 6.07 Å². The molecule has 0 atom stereocenters. The van der Waals surface area contributed by atoms with Crippen molar-refractivity contribution in [3.8, 4) is 0 Å². The lowest BCUT2D eigenvalue weighted by Crippen LogP contribution is -1.90. The topological polar surface area (TPSA) is 43.1 Å². The van der Waals surface area contributed by atoms with Crippen LogP contribution in [-0.2, 0) is 6.42 Å². The third-order valence-electron chi connectivity index (χ3n) is 1.84. The average molecular weight is 178 g/mol. The second-order valence-electron chi connectivity index (χ2n) is 2.88. The van der Waals surface area contributed by atoms with Crippen molar-refractivity contribution in [1.82, 2.24) is 0 Å². The maximum Gasteiger partial charge on any atom is 0.269 e. The zero-order valence-electron chi connectivity index (χ0n) is 7.40. The predicted molar refractivity (Wildman–Crippen MR) is 51.4 cm³/mol. The van der Waals surface area contributed by atoms with Gasteiger partial charge in [0, 0.05) is 12.1 Å². The summed E-state index contributed by atoms with van der Waals surface area (Å²) in [7, 11) is 0. The Morgan fingerprint density at radius 2 is 2.23 bits per heavy atom. The summed E-state index contributed by atoms with van der Waals surface area (Å²) in [5.41, 5.74) is 1.18. The molecule has 0 N–H and O–H groups in total. The molecular formula is C10H12NO2. The Hall–Kier alpha value is -1.38. The smallest absolute Gasteiger partial charge is 0.258 e. The van der Waals surface area contributed by atoms with Gasteiger partial charge in [-0.15, -0.1) is 0 Å². The van der Waals surface area contributed by atoms with Crippen LogP contribution in [0.25, 0.3) is 0 Å². The van der Waals surface area contributed by atoms with Crippen LogP contribution in [0.3, 0.4) is 0 Å². The van der Waals surface area contributed by atoms with Crippen molar-refractivity contribution in [2.24, 2.45) is 0 Å². The highest BCUT2D eigenvalue weighted by molar-refractivity contribution is 5.34. The van der Waals surface area contributed by atoms with Crippen molar-refractivity contribution in [3.63, 3.8) is 0 Å². The summed E-state index contributed by atoms with van der Waals surface area (Å²) < 4.78 is 0. The zero-order valence-corrected chi connectivity index (χ0v) is 7.40. The van der Waals surface area contributed by atoms with Gasteiger partial charge in [0.2, 0.25) is 0 Å². The van der Waals surface area contributed by atoms with Gasteiger partial charge < -0.3 is 0 Å². The lowest BCUT2D eigenvalue weighted by atomic mass is 10.1. The largest absolute Gasteiger partial charge is 0.269 e. The van der Waals surface area contributed by atoms with E-state index >= 15 is 0 Å². The Balaban J connectivity index is 2.73. The number of hydrogen-bond acceptors (Lipinski definition) is 2. The van der Waals surface area contributed by atoms with Gasteiger partial charge in [-0.3, -0.25) is 10.1 Å². The summed E-state index contributed by atoms with van der Waals surface area (Å²) in [5.74, 6) is 0. The molecule has 69 valence electrons. The molecule has 1 aromatic rings. The number of nitro groups is 1. The van der Waals surface area contributed by atoms with E-state index in [1.807, 2.05) is 6.07 Å². The van der Waals surface area contributed by atoms with Gasteiger partial charge >= 0.3 is 0 Å². The van der Waals surface area contributed by atoms with Gasteiger partial charge in [0.15, 0.2) is 0 Å². The molecule has 0 bridgehead atoms. The standard InChI is InChI=1S/C10H12NO2/c1-2-3-5-9-6-4-7-10(8-9)11(12)13/h4,6-8H,1-3,5H2. The first-order valence-corrected chi connectivity index (χ1v) is 4.26. The molecule has 0 aliphatic carbocycles. The molecule has 0 fully saturated rings. The number of benzene rings is 1. The normalized spacial score (nSPS) is 9.92. The number of unbranched alkanes of at least 4 members (excludes halogenated alkanes) is 1. The fourth-order valence-electron chi connectivity index (χ4n) is 1.15. The van der Waals surface area contributed by atoms with Gasteiger partial charge in [-0.2, -0.15) is 0 Å². The minimum absolute atomic E-state index is 0.168. The third-order valence-corrected chi connectivity index (χ3v) is 1.84. The molecule has 0 aliphatic rings. The zero-order chi connectivity index (χ0) is 9.68. The molecule has 3 nitrogen and oxygen atoms in total. The molecule has 0 saturated heterocycles. The average Bonchev–Trinajstić information content (AvgIpc) is 2.15. The first kappa shape index (κ1) is 9.71. The number of non-ortho nitro benzene ring substituents is 1. The van der Waals surface area contributed by atoms with Crippen LogP contribution in [0.1, 0.15) is 18.4 Å². The second kappa shape index (κ2) is 4.60. The summed E-state index contributed by atoms with van der Waals surface area (Å²) >= 11 is 0. The molecule has 1 aromatic carbocycles. The summed E-state index contributed by atoms with van der Waals surface area (Å²) in [4.78, 5) is 10.1.